The molecule has 0 aliphatic rings. The molecule has 33 heavy (non-hydrogen) atoms. The number of aromatic nitrogens is 2. The van der Waals surface area contributed by atoms with E-state index in [1.54, 1.807) is 6.92 Å². The fourth-order valence-corrected chi connectivity index (χ4v) is 3.57. The van der Waals surface area contributed by atoms with E-state index in [9.17, 15) is 9.90 Å². The Bertz CT molecular complexity index is 1230. The molecule has 2 heterocycles. The molecule has 0 aliphatic carbocycles. The largest absolute Gasteiger partial charge is 0.493 e. The van der Waals surface area contributed by atoms with Crippen LogP contribution in [-0.2, 0) is 22.4 Å². The number of hydrogen-bond acceptors (Lipinski definition) is 6. The van der Waals surface area contributed by atoms with Gasteiger partial charge < -0.3 is 19.0 Å². The summed E-state index contributed by atoms with van der Waals surface area (Å²) < 4.78 is 17.0. The van der Waals surface area contributed by atoms with E-state index in [0.717, 1.165) is 27.9 Å². The number of ether oxygens (including phenoxy) is 2. The van der Waals surface area contributed by atoms with Crippen LogP contribution < -0.4 is 4.74 Å². The van der Waals surface area contributed by atoms with Gasteiger partial charge in [0.1, 0.15) is 17.2 Å². The molecule has 0 unspecified atom stereocenters. The molecule has 0 fully saturated rings. The molecule has 1 atom stereocenters. The number of oxazole rings is 1. The number of benzene rings is 2. The van der Waals surface area contributed by atoms with Crippen molar-refractivity contribution in [2.45, 2.75) is 32.8 Å². The van der Waals surface area contributed by atoms with E-state index >= 15 is 0 Å². The lowest BCUT2D eigenvalue weighted by atomic mass is 10.1. The number of carbonyl (C=O) groups is 1. The third-order valence-corrected chi connectivity index (χ3v) is 5.31. The van der Waals surface area contributed by atoms with Crippen LogP contribution >= 0.6 is 0 Å². The number of hydrogen-bond donors (Lipinski definition) is 1. The average molecular weight is 447 g/mol. The van der Waals surface area contributed by atoms with Gasteiger partial charge in [-0.05, 0) is 43.7 Å². The Morgan fingerprint density at radius 2 is 1.85 bits per heavy atom. The molecular formula is C26H26N2O5. The van der Waals surface area contributed by atoms with E-state index in [-0.39, 0.29) is 0 Å². The number of pyridine rings is 1. The number of rotatable bonds is 10. The molecule has 7 heteroatoms. The Morgan fingerprint density at radius 1 is 1.06 bits per heavy atom. The monoisotopic (exact) mass is 446 g/mol. The van der Waals surface area contributed by atoms with E-state index in [0.29, 0.717) is 43.4 Å². The SMILES string of the molecule is CCO[C@@H](Cc1ccc(OCCc2nc(-c3ccc4ccccc4n3)oc2C)cc1)C(=O)O. The quantitative estimate of drug-likeness (QED) is 0.372. The van der Waals surface area contributed by atoms with Crippen LogP contribution in [0.25, 0.3) is 22.5 Å². The van der Waals surface area contributed by atoms with Crippen LogP contribution in [0.5, 0.6) is 5.75 Å². The molecule has 0 saturated carbocycles. The van der Waals surface area contributed by atoms with Gasteiger partial charge in [0.25, 0.3) is 0 Å². The van der Waals surface area contributed by atoms with Gasteiger partial charge in [-0.2, -0.15) is 0 Å². The van der Waals surface area contributed by atoms with Gasteiger partial charge in [-0.3, -0.25) is 0 Å². The third kappa shape index (κ3) is 5.56. The number of nitrogens with zero attached hydrogens (tertiary/aromatic N) is 2. The molecule has 0 bridgehead atoms. The summed E-state index contributed by atoms with van der Waals surface area (Å²) >= 11 is 0. The minimum atomic E-state index is -0.960. The summed E-state index contributed by atoms with van der Waals surface area (Å²) in [5, 5.41) is 10.3. The summed E-state index contributed by atoms with van der Waals surface area (Å²) in [6, 6.07) is 19.2. The molecular weight excluding hydrogens is 420 g/mol. The van der Waals surface area contributed by atoms with Crippen LogP contribution in [0.1, 0.15) is 23.9 Å². The summed E-state index contributed by atoms with van der Waals surface area (Å²) in [6.45, 7) is 4.47. The zero-order chi connectivity index (χ0) is 23.2. The van der Waals surface area contributed by atoms with Crippen molar-refractivity contribution in [2.75, 3.05) is 13.2 Å². The Hall–Kier alpha value is -3.71. The zero-order valence-electron chi connectivity index (χ0n) is 18.7. The standard InChI is InChI=1S/C26H26N2O5/c1-3-31-24(26(29)30)16-18-8-11-20(12-9-18)32-15-14-21-17(2)33-25(28-21)23-13-10-19-6-4-5-7-22(19)27-23/h4-13,24H,3,14-16H2,1-2H3,(H,29,30)/t24-/m0/s1. The van der Waals surface area contributed by atoms with Crippen molar-refractivity contribution >= 4 is 16.9 Å². The second-order valence-electron chi connectivity index (χ2n) is 7.64. The van der Waals surface area contributed by atoms with Gasteiger partial charge in [0.05, 0.1) is 17.8 Å². The number of carboxylic acid groups (broad SMARTS) is 1. The van der Waals surface area contributed by atoms with Crippen molar-refractivity contribution < 1.29 is 23.8 Å². The number of fused-ring (bicyclic) bond motifs is 1. The molecule has 0 aliphatic heterocycles. The van der Waals surface area contributed by atoms with Crippen molar-refractivity contribution in [1.82, 2.24) is 9.97 Å². The summed E-state index contributed by atoms with van der Waals surface area (Å²) in [4.78, 5) is 20.5. The molecule has 0 saturated heterocycles. The van der Waals surface area contributed by atoms with Gasteiger partial charge in [0.2, 0.25) is 5.89 Å². The highest BCUT2D eigenvalue weighted by molar-refractivity contribution is 5.80. The van der Waals surface area contributed by atoms with Crippen LogP contribution in [0.3, 0.4) is 0 Å². The predicted octanol–water partition coefficient (Wildman–Crippen LogP) is 4.85. The van der Waals surface area contributed by atoms with Crippen LogP contribution in [0.15, 0.2) is 65.1 Å². The fraction of sp³-hybridized carbons (Fsp3) is 0.269. The van der Waals surface area contributed by atoms with E-state index in [4.69, 9.17) is 13.9 Å². The topological polar surface area (TPSA) is 94.7 Å². The van der Waals surface area contributed by atoms with Gasteiger partial charge in [0, 0.05) is 24.8 Å². The van der Waals surface area contributed by atoms with Gasteiger partial charge >= 0.3 is 5.97 Å². The third-order valence-electron chi connectivity index (χ3n) is 5.31. The molecule has 0 spiro atoms. The lowest BCUT2D eigenvalue weighted by molar-refractivity contribution is -0.149. The number of carboxylic acids is 1. The highest BCUT2D eigenvalue weighted by Crippen LogP contribution is 2.23. The van der Waals surface area contributed by atoms with Crippen LogP contribution in [0.2, 0.25) is 0 Å². The lowest BCUT2D eigenvalue weighted by Gasteiger charge is -2.12. The highest BCUT2D eigenvalue weighted by atomic mass is 16.5. The van der Waals surface area contributed by atoms with E-state index in [2.05, 4.69) is 9.97 Å². The second-order valence-corrected chi connectivity index (χ2v) is 7.64. The molecule has 7 nitrogen and oxygen atoms in total. The maximum Gasteiger partial charge on any atom is 0.333 e. The van der Waals surface area contributed by atoms with Crippen LogP contribution in [-0.4, -0.2) is 40.4 Å². The van der Waals surface area contributed by atoms with Crippen molar-refractivity contribution in [1.29, 1.82) is 0 Å². The highest BCUT2D eigenvalue weighted by Gasteiger charge is 2.18. The second kappa shape index (κ2) is 10.3. The summed E-state index contributed by atoms with van der Waals surface area (Å²) in [5.41, 5.74) is 3.31. The first kappa shape index (κ1) is 22.5. The molecule has 0 radical (unpaired) electrons. The van der Waals surface area contributed by atoms with Crippen molar-refractivity contribution in [3.8, 4) is 17.3 Å². The van der Waals surface area contributed by atoms with E-state index < -0.39 is 12.1 Å². The average Bonchev–Trinajstić information content (AvgIpc) is 3.20. The molecule has 170 valence electrons. The fourth-order valence-electron chi connectivity index (χ4n) is 3.57. The van der Waals surface area contributed by atoms with Crippen LogP contribution in [0, 0.1) is 6.92 Å². The Kier molecular flexibility index (Phi) is 7.00. The molecule has 0 amide bonds. The lowest BCUT2D eigenvalue weighted by Crippen LogP contribution is -2.26. The first-order chi connectivity index (χ1) is 16.0. The first-order valence-electron chi connectivity index (χ1n) is 10.9. The van der Waals surface area contributed by atoms with Crippen LogP contribution in [0.4, 0.5) is 0 Å². The molecule has 4 aromatic rings. The van der Waals surface area contributed by atoms with Gasteiger partial charge in [-0.1, -0.05) is 36.4 Å². The Morgan fingerprint density at radius 3 is 2.61 bits per heavy atom. The first-order valence-corrected chi connectivity index (χ1v) is 10.9. The summed E-state index contributed by atoms with van der Waals surface area (Å²) in [6.07, 6.45) is 0.0618. The smallest absolute Gasteiger partial charge is 0.333 e. The normalized spacial score (nSPS) is 12.1. The number of aryl methyl sites for hydroxylation is 1. The minimum absolute atomic E-state index is 0.313. The molecule has 2 aromatic heterocycles. The van der Waals surface area contributed by atoms with Gasteiger partial charge in [0.15, 0.2) is 6.10 Å². The molecule has 1 N–H and O–H groups in total. The summed E-state index contributed by atoms with van der Waals surface area (Å²) in [7, 11) is 0. The number of para-hydroxylation sites is 1. The van der Waals surface area contributed by atoms with Gasteiger partial charge in [-0.25, -0.2) is 14.8 Å². The van der Waals surface area contributed by atoms with E-state index in [1.807, 2.05) is 67.6 Å². The maximum absolute atomic E-state index is 11.2. The van der Waals surface area contributed by atoms with Crippen molar-refractivity contribution in [3.63, 3.8) is 0 Å². The Labute approximate surface area is 192 Å². The van der Waals surface area contributed by atoms with Crippen molar-refractivity contribution in [2.24, 2.45) is 0 Å². The molecule has 4 rings (SSSR count). The van der Waals surface area contributed by atoms with Crippen molar-refractivity contribution in [3.05, 3.63) is 77.7 Å². The molecule has 2 aromatic carbocycles. The maximum atomic E-state index is 11.2. The Balaban J connectivity index is 1.35. The van der Waals surface area contributed by atoms with E-state index in [1.165, 1.54) is 0 Å². The zero-order valence-corrected chi connectivity index (χ0v) is 18.7. The van der Waals surface area contributed by atoms with Gasteiger partial charge in [-0.15, -0.1) is 0 Å². The summed E-state index contributed by atoms with van der Waals surface area (Å²) in [5.74, 6) is 0.993. The number of aliphatic carboxylic acids is 1. The predicted molar refractivity (Wildman–Crippen MR) is 124 cm³/mol. The minimum Gasteiger partial charge on any atom is -0.493 e.